The number of phenolic OH excluding ortho intramolecular Hbond substituents is 1. The zero-order chi connectivity index (χ0) is 19.6. The number of carbonyl (C=O) groups excluding carboxylic acids is 1. The summed E-state index contributed by atoms with van der Waals surface area (Å²) in [5.41, 5.74) is 1.69. The van der Waals surface area contributed by atoms with E-state index in [9.17, 15) is 23.1 Å². The molecule has 0 saturated carbocycles. The fourth-order valence-electron chi connectivity index (χ4n) is 2.77. The Bertz CT molecular complexity index is 960. The first-order valence-electron chi connectivity index (χ1n) is 8.28. The van der Waals surface area contributed by atoms with Crippen LogP contribution in [0.4, 0.5) is 13.2 Å². The van der Waals surface area contributed by atoms with E-state index in [1.54, 1.807) is 25.1 Å². The number of hydrogen-bond acceptors (Lipinski definition) is 2. The number of rotatable bonds is 4. The minimum Gasteiger partial charge on any atom is -0.508 e. The van der Waals surface area contributed by atoms with Gasteiger partial charge in [0, 0.05) is 17.8 Å². The quantitative estimate of drug-likeness (QED) is 0.613. The van der Waals surface area contributed by atoms with E-state index in [-0.39, 0.29) is 11.7 Å². The Hall–Kier alpha value is -3.22. The molecule has 1 aromatic heterocycles. The maximum atomic E-state index is 12.8. The Kier molecular flexibility index (Phi) is 4.94. The van der Waals surface area contributed by atoms with Crippen molar-refractivity contribution in [2.45, 2.75) is 13.1 Å². The predicted molar refractivity (Wildman–Crippen MR) is 96.3 cm³/mol. The van der Waals surface area contributed by atoms with Crippen molar-refractivity contribution < 1.29 is 23.1 Å². The molecule has 0 atom stereocenters. The van der Waals surface area contributed by atoms with E-state index in [1.165, 1.54) is 24.3 Å². The fraction of sp³-hybridized carbons (Fsp3) is 0.150. The molecule has 3 rings (SSSR count). The molecule has 0 fully saturated rings. The van der Waals surface area contributed by atoms with E-state index in [4.69, 9.17) is 0 Å². The van der Waals surface area contributed by atoms with E-state index in [0.717, 1.165) is 12.1 Å². The summed E-state index contributed by atoms with van der Waals surface area (Å²) in [6.45, 7) is 2.22. The van der Waals surface area contributed by atoms with E-state index in [0.29, 0.717) is 34.6 Å². The Morgan fingerprint density at radius 3 is 2.37 bits per heavy atom. The van der Waals surface area contributed by atoms with Crippen LogP contribution in [0, 0.1) is 0 Å². The lowest BCUT2D eigenvalue weighted by atomic mass is 10.1. The zero-order valence-corrected chi connectivity index (χ0v) is 14.4. The molecule has 140 valence electrons. The van der Waals surface area contributed by atoms with Crippen molar-refractivity contribution in [2.24, 2.45) is 0 Å². The Balaban J connectivity index is 2.07. The van der Waals surface area contributed by atoms with Gasteiger partial charge >= 0.3 is 6.18 Å². The largest absolute Gasteiger partial charge is 0.508 e. The number of H-pyrrole nitrogens is 1. The van der Waals surface area contributed by atoms with Crippen LogP contribution in [-0.2, 0) is 6.18 Å². The number of aromatic amines is 1. The van der Waals surface area contributed by atoms with E-state index < -0.39 is 11.7 Å². The molecule has 0 saturated heterocycles. The molecule has 3 N–H and O–H groups in total. The van der Waals surface area contributed by atoms with Crippen molar-refractivity contribution in [3.05, 3.63) is 65.7 Å². The first kappa shape index (κ1) is 18.6. The number of phenols is 1. The van der Waals surface area contributed by atoms with Gasteiger partial charge in [0.2, 0.25) is 0 Å². The van der Waals surface area contributed by atoms with E-state index in [2.05, 4.69) is 10.3 Å². The molecule has 0 aliphatic heterocycles. The predicted octanol–water partition coefficient (Wildman–Crippen LogP) is 4.82. The fourth-order valence-corrected chi connectivity index (χ4v) is 2.77. The van der Waals surface area contributed by atoms with Gasteiger partial charge in [-0.15, -0.1) is 0 Å². The topological polar surface area (TPSA) is 65.1 Å². The normalized spacial score (nSPS) is 11.4. The number of nitrogens with one attached hydrogen (secondary N) is 2. The van der Waals surface area contributed by atoms with Gasteiger partial charge in [-0.2, -0.15) is 13.2 Å². The van der Waals surface area contributed by atoms with Gasteiger partial charge in [-0.05, 0) is 42.8 Å². The molecule has 7 heteroatoms. The average molecular weight is 374 g/mol. The van der Waals surface area contributed by atoms with Crippen molar-refractivity contribution in [3.8, 4) is 28.3 Å². The summed E-state index contributed by atoms with van der Waals surface area (Å²) < 4.78 is 38.3. The number of carbonyl (C=O) groups is 1. The molecule has 2 aromatic carbocycles. The third-order valence-electron chi connectivity index (χ3n) is 4.06. The average Bonchev–Trinajstić information content (AvgIpc) is 3.07. The number of hydrogen-bond donors (Lipinski definition) is 3. The maximum absolute atomic E-state index is 12.8. The molecule has 0 spiro atoms. The smallest absolute Gasteiger partial charge is 0.416 e. The number of halogens is 3. The number of aromatic hydroxyl groups is 1. The second kappa shape index (κ2) is 7.19. The SMILES string of the molecule is CCNC(=O)c1cc(-c2ccc(C(F)(F)F)cc2)[nH]c1-c1cccc(O)c1. The summed E-state index contributed by atoms with van der Waals surface area (Å²) >= 11 is 0. The van der Waals surface area contributed by atoms with Crippen molar-refractivity contribution in [2.75, 3.05) is 6.54 Å². The first-order valence-corrected chi connectivity index (χ1v) is 8.28. The summed E-state index contributed by atoms with van der Waals surface area (Å²) in [6, 6.07) is 12.7. The van der Waals surface area contributed by atoms with Crippen LogP contribution >= 0.6 is 0 Å². The molecule has 1 heterocycles. The third kappa shape index (κ3) is 3.97. The highest BCUT2D eigenvalue weighted by Crippen LogP contribution is 2.33. The lowest BCUT2D eigenvalue weighted by molar-refractivity contribution is -0.137. The number of alkyl halides is 3. The highest BCUT2D eigenvalue weighted by molar-refractivity contribution is 6.01. The van der Waals surface area contributed by atoms with Crippen LogP contribution in [0.3, 0.4) is 0 Å². The molecule has 1 amide bonds. The minimum atomic E-state index is -4.41. The van der Waals surface area contributed by atoms with Crippen LogP contribution in [-0.4, -0.2) is 22.5 Å². The van der Waals surface area contributed by atoms with Gasteiger partial charge in [0.05, 0.1) is 16.8 Å². The lowest BCUT2D eigenvalue weighted by Crippen LogP contribution is -2.22. The summed E-state index contributed by atoms with van der Waals surface area (Å²) in [7, 11) is 0. The van der Waals surface area contributed by atoms with Crippen molar-refractivity contribution >= 4 is 5.91 Å². The maximum Gasteiger partial charge on any atom is 0.416 e. The van der Waals surface area contributed by atoms with E-state index in [1.807, 2.05) is 0 Å². The molecule has 0 bridgehead atoms. The summed E-state index contributed by atoms with van der Waals surface area (Å²) in [4.78, 5) is 15.5. The number of amides is 1. The van der Waals surface area contributed by atoms with Crippen molar-refractivity contribution in [3.63, 3.8) is 0 Å². The molecular formula is C20H17F3N2O2. The summed E-state index contributed by atoms with van der Waals surface area (Å²) in [5, 5.41) is 12.4. The van der Waals surface area contributed by atoms with Gasteiger partial charge < -0.3 is 15.4 Å². The molecule has 0 aliphatic carbocycles. The van der Waals surface area contributed by atoms with Crippen LogP contribution in [0.1, 0.15) is 22.8 Å². The van der Waals surface area contributed by atoms with Crippen molar-refractivity contribution in [1.82, 2.24) is 10.3 Å². The minimum absolute atomic E-state index is 0.0417. The molecule has 0 unspecified atom stereocenters. The zero-order valence-electron chi connectivity index (χ0n) is 14.4. The lowest BCUT2D eigenvalue weighted by Gasteiger charge is -2.07. The second-order valence-electron chi connectivity index (χ2n) is 5.96. The van der Waals surface area contributed by atoms with Gasteiger partial charge in [0.25, 0.3) is 5.91 Å². The molecule has 0 aliphatic rings. The molecule has 27 heavy (non-hydrogen) atoms. The summed E-state index contributed by atoms with van der Waals surface area (Å²) in [5.74, 6) is -0.273. The highest BCUT2D eigenvalue weighted by Gasteiger charge is 2.30. The molecule has 3 aromatic rings. The second-order valence-corrected chi connectivity index (χ2v) is 5.96. The number of aromatic nitrogens is 1. The van der Waals surface area contributed by atoms with Crippen LogP contribution in [0.5, 0.6) is 5.75 Å². The van der Waals surface area contributed by atoms with Gasteiger partial charge in [0.1, 0.15) is 5.75 Å². The van der Waals surface area contributed by atoms with Crippen LogP contribution < -0.4 is 5.32 Å². The molecule has 4 nitrogen and oxygen atoms in total. The van der Waals surface area contributed by atoms with Crippen molar-refractivity contribution in [1.29, 1.82) is 0 Å². The van der Waals surface area contributed by atoms with Gasteiger partial charge in [-0.25, -0.2) is 0 Å². The third-order valence-corrected chi connectivity index (χ3v) is 4.06. The van der Waals surface area contributed by atoms with Crippen LogP contribution in [0.25, 0.3) is 22.5 Å². The van der Waals surface area contributed by atoms with Gasteiger partial charge in [0.15, 0.2) is 0 Å². The van der Waals surface area contributed by atoms with Crippen LogP contribution in [0.2, 0.25) is 0 Å². The first-order chi connectivity index (χ1) is 12.8. The highest BCUT2D eigenvalue weighted by atomic mass is 19.4. The standard InChI is InChI=1S/C20H17F3N2O2/c1-2-24-19(27)16-11-17(12-6-8-14(9-7-12)20(21,22)23)25-18(16)13-4-3-5-15(26)10-13/h3-11,25-26H,2H2,1H3,(H,24,27). The van der Waals surface area contributed by atoms with Crippen LogP contribution in [0.15, 0.2) is 54.6 Å². The molecule has 0 radical (unpaired) electrons. The monoisotopic (exact) mass is 374 g/mol. The molecular weight excluding hydrogens is 357 g/mol. The Morgan fingerprint density at radius 1 is 1.07 bits per heavy atom. The summed E-state index contributed by atoms with van der Waals surface area (Å²) in [6.07, 6.45) is -4.41. The Morgan fingerprint density at radius 2 is 1.78 bits per heavy atom. The Labute approximate surface area is 153 Å². The van der Waals surface area contributed by atoms with Gasteiger partial charge in [-0.1, -0.05) is 24.3 Å². The van der Waals surface area contributed by atoms with Gasteiger partial charge in [-0.3, -0.25) is 4.79 Å². The van der Waals surface area contributed by atoms with E-state index >= 15 is 0 Å². The number of benzene rings is 2.